The third-order valence-electron chi connectivity index (χ3n) is 3.56. The van der Waals surface area contributed by atoms with Crippen molar-refractivity contribution in [3.05, 3.63) is 69.4 Å². The minimum atomic E-state index is -4.18. The van der Waals surface area contributed by atoms with Crippen molar-refractivity contribution in [1.29, 1.82) is 0 Å². The summed E-state index contributed by atoms with van der Waals surface area (Å²) < 4.78 is 27.7. The standard InChI is InChI=1S/C16H12ClN3O4S/c1-10-4-7-15(14(9-10)20(21)22)25(23,24)19-13-6-5-12(17)11-3-2-8-18-16(11)13/h2-9,19H,1H3. The number of benzene rings is 2. The summed E-state index contributed by atoms with van der Waals surface area (Å²) in [6.07, 6.45) is 1.50. The molecule has 2 aromatic carbocycles. The Morgan fingerprint density at radius 2 is 1.96 bits per heavy atom. The molecule has 0 fully saturated rings. The average molecular weight is 378 g/mol. The molecule has 0 aliphatic carbocycles. The van der Waals surface area contributed by atoms with Gasteiger partial charge in [-0.05, 0) is 42.8 Å². The summed E-state index contributed by atoms with van der Waals surface area (Å²) in [5, 5.41) is 12.2. The van der Waals surface area contributed by atoms with E-state index >= 15 is 0 Å². The number of sulfonamides is 1. The minimum Gasteiger partial charge on any atom is -0.277 e. The zero-order valence-corrected chi connectivity index (χ0v) is 14.5. The Morgan fingerprint density at radius 3 is 2.68 bits per heavy atom. The van der Waals surface area contributed by atoms with E-state index in [0.717, 1.165) is 0 Å². The number of rotatable bonds is 4. The molecular weight excluding hydrogens is 366 g/mol. The van der Waals surface area contributed by atoms with Crippen molar-refractivity contribution in [2.75, 3.05) is 4.72 Å². The quantitative estimate of drug-likeness (QED) is 0.548. The lowest BCUT2D eigenvalue weighted by Crippen LogP contribution is -2.15. The predicted molar refractivity (Wildman–Crippen MR) is 95.4 cm³/mol. The lowest BCUT2D eigenvalue weighted by molar-refractivity contribution is -0.387. The van der Waals surface area contributed by atoms with E-state index in [0.29, 0.717) is 21.5 Å². The molecule has 3 aromatic rings. The van der Waals surface area contributed by atoms with Gasteiger partial charge in [-0.2, -0.15) is 0 Å². The molecule has 0 unspecified atom stereocenters. The van der Waals surface area contributed by atoms with Crippen LogP contribution in [0, 0.1) is 17.0 Å². The van der Waals surface area contributed by atoms with Gasteiger partial charge < -0.3 is 0 Å². The second kappa shape index (κ2) is 6.30. The molecule has 0 amide bonds. The Morgan fingerprint density at radius 1 is 1.20 bits per heavy atom. The molecule has 25 heavy (non-hydrogen) atoms. The van der Waals surface area contributed by atoms with Crippen molar-refractivity contribution in [1.82, 2.24) is 4.98 Å². The summed E-state index contributed by atoms with van der Waals surface area (Å²) in [5.74, 6) is 0. The van der Waals surface area contributed by atoms with Gasteiger partial charge in [0, 0.05) is 17.6 Å². The number of aryl methyl sites for hydroxylation is 1. The van der Waals surface area contributed by atoms with Crippen LogP contribution in [-0.4, -0.2) is 18.3 Å². The van der Waals surface area contributed by atoms with E-state index in [1.165, 1.54) is 36.5 Å². The first kappa shape index (κ1) is 17.1. The lowest BCUT2D eigenvalue weighted by Gasteiger charge is -2.11. The Hall–Kier alpha value is -2.71. The maximum atomic E-state index is 12.7. The largest absolute Gasteiger partial charge is 0.290 e. The van der Waals surface area contributed by atoms with E-state index in [4.69, 9.17) is 11.6 Å². The molecule has 3 rings (SSSR count). The normalized spacial score (nSPS) is 11.4. The molecule has 1 aromatic heterocycles. The highest BCUT2D eigenvalue weighted by Crippen LogP contribution is 2.31. The van der Waals surface area contributed by atoms with Crippen LogP contribution in [0.15, 0.2) is 53.6 Å². The van der Waals surface area contributed by atoms with Gasteiger partial charge in [-0.3, -0.25) is 19.8 Å². The molecule has 0 saturated carbocycles. The molecule has 9 heteroatoms. The second-order valence-corrected chi connectivity index (χ2v) is 7.39. The maximum absolute atomic E-state index is 12.7. The number of hydrogen-bond acceptors (Lipinski definition) is 5. The number of pyridine rings is 1. The molecule has 0 aliphatic rings. The zero-order chi connectivity index (χ0) is 18.2. The van der Waals surface area contributed by atoms with Crippen LogP contribution in [0.5, 0.6) is 0 Å². The first-order valence-electron chi connectivity index (χ1n) is 7.11. The van der Waals surface area contributed by atoms with Gasteiger partial charge in [-0.25, -0.2) is 8.42 Å². The second-order valence-electron chi connectivity index (χ2n) is 5.33. The molecular formula is C16H12ClN3O4S. The molecule has 1 N–H and O–H groups in total. The van der Waals surface area contributed by atoms with E-state index in [9.17, 15) is 18.5 Å². The maximum Gasteiger partial charge on any atom is 0.290 e. The number of nitrogens with one attached hydrogen (secondary N) is 1. The molecule has 0 spiro atoms. The van der Waals surface area contributed by atoms with Crippen LogP contribution >= 0.6 is 11.6 Å². The van der Waals surface area contributed by atoms with Gasteiger partial charge in [0.15, 0.2) is 4.90 Å². The summed E-state index contributed by atoms with van der Waals surface area (Å²) in [5.41, 5.74) is 0.645. The molecule has 0 aliphatic heterocycles. The van der Waals surface area contributed by atoms with Crippen molar-refractivity contribution >= 4 is 43.9 Å². The van der Waals surface area contributed by atoms with E-state index in [1.54, 1.807) is 19.1 Å². The monoisotopic (exact) mass is 377 g/mol. The Bertz CT molecular complexity index is 1100. The van der Waals surface area contributed by atoms with Crippen molar-refractivity contribution in [3.63, 3.8) is 0 Å². The fourth-order valence-electron chi connectivity index (χ4n) is 2.42. The number of halogens is 1. The van der Waals surface area contributed by atoms with Crippen molar-refractivity contribution in [2.45, 2.75) is 11.8 Å². The SMILES string of the molecule is Cc1ccc(S(=O)(=O)Nc2ccc(Cl)c3cccnc23)c([N+](=O)[O-])c1. The van der Waals surface area contributed by atoms with Crippen LogP contribution in [0.4, 0.5) is 11.4 Å². The van der Waals surface area contributed by atoms with Crippen LogP contribution in [0.2, 0.25) is 5.02 Å². The molecule has 1 heterocycles. The number of hydrogen-bond donors (Lipinski definition) is 1. The number of nitro benzene ring substituents is 1. The van der Waals surface area contributed by atoms with Crippen LogP contribution in [0.3, 0.4) is 0 Å². The van der Waals surface area contributed by atoms with Gasteiger partial charge in [0.2, 0.25) is 0 Å². The summed E-state index contributed by atoms with van der Waals surface area (Å²) in [7, 11) is -4.18. The number of anilines is 1. The van der Waals surface area contributed by atoms with Crippen molar-refractivity contribution in [2.24, 2.45) is 0 Å². The number of aromatic nitrogens is 1. The van der Waals surface area contributed by atoms with Crippen molar-refractivity contribution in [3.8, 4) is 0 Å². The smallest absolute Gasteiger partial charge is 0.277 e. The summed E-state index contributed by atoms with van der Waals surface area (Å²) in [6.45, 7) is 1.65. The highest BCUT2D eigenvalue weighted by Gasteiger charge is 2.26. The number of fused-ring (bicyclic) bond motifs is 1. The molecule has 7 nitrogen and oxygen atoms in total. The summed E-state index contributed by atoms with van der Waals surface area (Å²) >= 11 is 6.09. The Balaban J connectivity index is 2.13. The molecule has 0 saturated heterocycles. The van der Waals surface area contributed by atoms with Gasteiger partial charge in [-0.15, -0.1) is 0 Å². The van der Waals surface area contributed by atoms with Crippen LogP contribution in [0.25, 0.3) is 10.9 Å². The van der Waals surface area contributed by atoms with E-state index in [2.05, 4.69) is 9.71 Å². The molecule has 0 bridgehead atoms. The molecule has 0 radical (unpaired) electrons. The Kier molecular flexibility index (Phi) is 4.32. The fraction of sp³-hybridized carbons (Fsp3) is 0.0625. The molecule has 128 valence electrons. The number of nitro groups is 1. The predicted octanol–water partition coefficient (Wildman–Crippen LogP) is 3.91. The third-order valence-corrected chi connectivity index (χ3v) is 5.30. The van der Waals surface area contributed by atoms with Gasteiger partial charge >= 0.3 is 0 Å². The first-order valence-corrected chi connectivity index (χ1v) is 8.97. The van der Waals surface area contributed by atoms with Crippen LogP contribution in [0.1, 0.15) is 5.56 Å². The minimum absolute atomic E-state index is 0.190. The Labute approximate surface area is 148 Å². The van der Waals surface area contributed by atoms with E-state index < -0.39 is 25.5 Å². The van der Waals surface area contributed by atoms with E-state index in [1.807, 2.05) is 0 Å². The number of nitrogens with zero attached hydrogens (tertiary/aromatic N) is 2. The summed E-state index contributed by atoms with van der Waals surface area (Å²) in [4.78, 5) is 14.2. The zero-order valence-electron chi connectivity index (χ0n) is 12.9. The molecule has 0 atom stereocenters. The van der Waals surface area contributed by atoms with Crippen LogP contribution in [-0.2, 0) is 10.0 Å². The fourth-order valence-corrected chi connectivity index (χ4v) is 3.85. The van der Waals surface area contributed by atoms with Crippen molar-refractivity contribution < 1.29 is 13.3 Å². The van der Waals surface area contributed by atoms with Gasteiger partial charge in [-0.1, -0.05) is 17.7 Å². The van der Waals surface area contributed by atoms with Crippen LogP contribution < -0.4 is 4.72 Å². The van der Waals surface area contributed by atoms with Gasteiger partial charge in [0.05, 0.1) is 21.2 Å². The highest BCUT2D eigenvalue weighted by atomic mass is 35.5. The average Bonchev–Trinajstić information content (AvgIpc) is 2.57. The first-order chi connectivity index (χ1) is 11.8. The third kappa shape index (κ3) is 3.26. The lowest BCUT2D eigenvalue weighted by atomic mass is 10.2. The van der Waals surface area contributed by atoms with E-state index in [-0.39, 0.29) is 5.69 Å². The summed E-state index contributed by atoms with van der Waals surface area (Å²) in [6, 6.07) is 10.3. The van der Waals surface area contributed by atoms with Gasteiger partial charge in [0.1, 0.15) is 0 Å². The topological polar surface area (TPSA) is 102 Å². The highest BCUT2D eigenvalue weighted by molar-refractivity contribution is 7.92. The van der Waals surface area contributed by atoms with Gasteiger partial charge in [0.25, 0.3) is 15.7 Å².